The molecular weight excluding hydrogens is 246 g/mol. The van der Waals surface area contributed by atoms with Crippen molar-refractivity contribution in [1.29, 1.82) is 0 Å². The molecule has 0 radical (unpaired) electrons. The molecule has 16 heavy (non-hydrogen) atoms. The molecule has 98 valence electrons. The Kier molecular flexibility index (Phi) is 9.44. The SMILES string of the molecule is CN(C)CCCCCCCCOS(=O)(O)=S. The van der Waals surface area contributed by atoms with Gasteiger partial charge in [-0.15, -0.1) is 0 Å². The largest absolute Gasteiger partial charge is 0.309 e. The number of hydrogen-bond acceptors (Lipinski definition) is 4. The Hall–Kier alpha value is 0.250. The fraction of sp³-hybridized carbons (Fsp3) is 1.00. The molecule has 0 bridgehead atoms. The van der Waals surface area contributed by atoms with E-state index in [1.54, 1.807) is 0 Å². The fourth-order valence-corrected chi connectivity index (χ4v) is 1.93. The Morgan fingerprint density at radius 1 is 1.12 bits per heavy atom. The van der Waals surface area contributed by atoms with Crippen molar-refractivity contribution in [2.45, 2.75) is 38.5 Å². The highest BCUT2D eigenvalue weighted by Gasteiger charge is 1.98. The van der Waals surface area contributed by atoms with Crippen molar-refractivity contribution in [1.82, 2.24) is 4.90 Å². The van der Waals surface area contributed by atoms with Gasteiger partial charge in [0.05, 0.1) is 6.61 Å². The van der Waals surface area contributed by atoms with Gasteiger partial charge in [-0.05, 0) is 33.5 Å². The molecule has 0 fully saturated rings. The Morgan fingerprint density at radius 3 is 2.12 bits per heavy atom. The van der Waals surface area contributed by atoms with Crippen LogP contribution in [-0.2, 0) is 24.4 Å². The second kappa shape index (κ2) is 9.30. The predicted molar refractivity (Wildman–Crippen MR) is 70.3 cm³/mol. The van der Waals surface area contributed by atoms with Crippen molar-refractivity contribution in [3.05, 3.63) is 0 Å². The minimum Gasteiger partial charge on any atom is -0.309 e. The lowest BCUT2D eigenvalue weighted by atomic mass is 10.1. The van der Waals surface area contributed by atoms with Crippen LogP contribution in [0.3, 0.4) is 0 Å². The highest BCUT2D eigenvalue weighted by molar-refractivity contribution is 8.27. The van der Waals surface area contributed by atoms with Gasteiger partial charge in [-0.2, -0.15) is 4.21 Å². The van der Waals surface area contributed by atoms with Gasteiger partial charge in [-0.3, -0.25) is 8.74 Å². The Bertz CT molecular complexity index is 253. The Balaban J connectivity index is 3.10. The van der Waals surface area contributed by atoms with Crippen LogP contribution in [0.25, 0.3) is 0 Å². The molecule has 0 spiro atoms. The topological polar surface area (TPSA) is 49.8 Å². The zero-order valence-electron chi connectivity index (χ0n) is 10.2. The zero-order chi connectivity index (χ0) is 12.4. The molecule has 0 aromatic heterocycles. The van der Waals surface area contributed by atoms with Crippen LogP contribution in [-0.4, -0.2) is 40.9 Å². The first-order chi connectivity index (χ1) is 7.42. The number of rotatable bonds is 10. The van der Waals surface area contributed by atoms with Crippen molar-refractivity contribution in [3.8, 4) is 0 Å². The van der Waals surface area contributed by atoms with E-state index in [1.165, 1.54) is 19.3 Å². The van der Waals surface area contributed by atoms with Crippen LogP contribution in [0, 0.1) is 0 Å². The fourth-order valence-electron chi connectivity index (χ4n) is 1.40. The molecule has 0 aliphatic heterocycles. The molecule has 1 unspecified atom stereocenters. The Morgan fingerprint density at radius 2 is 1.62 bits per heavy atom. The lowest BCUT2D eigenvalue weighted by Gasteiger charge is -2.08. The molecule has 0 rings (SSSR count). The van der Waals surface area contributed by atoms with E-state index >= 15 is 0 Å². The number of nitrogens with zero attached hydrogens (tertiary/aromatic N) is 1. The molecule has 0 amide bonds. The highest BCUT2D eigenvalue weighted by Crippen LogP contribution is 2.06. The van der Waals surface area contributed by atoms with Crippen molar-refractivity contribution >= 4 is 20.2 Å². The summed E-state index contributed by atoms with van der Waals surface area (Å²) in [7, 11) is 0.757. The lowest BCUT2D eigenvalue weighted by Crippen LogP contribution is -2.12. The van der Waals surface area contributed by atoms with Crippen molar-refractivity contribution in [3.63, 3.8) is 0 Å². The van der Waals surface area contributed by atoms with Gasteiger partial charge in [0.2, 0.25) is 0 Å². The van der Waals surface area contributed by atoms with Crippen LogP contribution in [0.4, 0.5) is 0 Å². The minimum absolute atomic E-state index is 0.288. The molecule has 0 saturated carbocycles. The molecule has 1 atom stereocenters. The van der Waals surface area contributed by atoms with Gasteiger partial charge in [0.1, 0.15) is 0 Å². The number of hydrogen-bond donors (Lipinski definition) is 1. The van der Waals surface area contributed by atoms with Gasteiger partial charge < -0.3 is 4.90 Å². The molecule has 0 saturated heterocycles. The van der Waals surface area contributed by atoms with Crippen LogP contribution in [0.15, 0.2) is 0 Å². The van der Waals surface area contributed by atoms with Gasteiger partial charge >= 0.3 is 0 Å². The average molecular weight is 269 g/mol. The third kappa shape index (κ3) is 14.2. The summed E-state index contributed by atoms with van der Waals surface area (Å²) in [4.78, 5) is 2.19. The number of unbranched alkanes of at least 4 members (excludes halogenated alkanes) is 5. The van der Waals surface area contributed by atoms with Gasteiger partial charge in [-0.1, -0.05) is 25.7 Å². The van der Waals surface area contributed by atoms with Gasteiger partial charge in [0.15, 0.2) is 0 Å². The monoisotopic (exact) mass is 269 g/mol. The van der Waals surface area contributed by atoms with Gasteiger partial charge in [0, 0.05) is 11.2 Å². The first-order valence-electron chi connectivity index (χ1n) is 5.68. The van der Waals surface area contributed by atoms with Crippen LogP contribution >= 0.6 is 0 Å². The molecular formula is C10H23NO3S2. The van der Waals surface area contributed by atoms with Crippen molar-refractivity contribution in [2.75, 3.05) is 27.2 Å². The normalized spacial score (nSPS) is 15.2. The predicted octanol–water partition coefficient (Wildman–Crippen LogP) is 2.04. The average Bonchev–Trinajstić information content (AvgIpc) is 2.13. The standard InChI is InChI=1S/C10H23NO3S2/c1-11(2)9-7-5-3-4-6-8-10-14-16(12,13)15/h3-10H2,1-2H3,(H,12,13,15). The summed E-state index contributed by atoms with van der Waals surface area (Å²) < 4.78 is 23.8. The molecule has 6 heteroatoms. The van der Waals surface area contributed by atoms with Gasteiger partial charge in [0.25, 0.3) is 9.05 Å². The first kappa shape index (κ1) is 16.2. The van der Waals surface area contributed by atoms with Crippen LogP contribution < -0.4 is 0 Å². The van der Waals surface area contributed by atoms with E-state index in [0.29, 0.717) is 0 Å². The second-order valence-corrected chi connectivity index (χ2v) is 6.53. The molecule has 0 aliphatic carbocycles. The summed E-state index contributed by atoms with van der Waals surface area (Å²) in [6.07, 6.45) is 6.70. The third-order valence-electron chi connectivity index (χ3n) is 2.23. The first-order valence-corrected chi connectivity index (χ1v) is 8.05. The smallest absolute Gasteiger partial charge is 0.266 e. The van der Waals surface area contributed by atoms with Crippen LogP contribution in [0.1, 0.15) is 38.5 Å². The van der Waals surface area contributed by atoms with Gasteiger partial charge in [-0.25, -0.2) is 0 Å². The van der Waals surface area contributed by atoms with Crippen molar-refractivity contribution < 1.29 is 12.9 Å². The second-order valence-electron chi connectivity index (χ2n) is 4.17. The molecule has 0 aromatic rings. The van der Waals surface area contributed by atoms with E-state index in [2.05, 4.69) is 34.4 Å². The molecule has 4 nitrogen and oxygen atoms in total. The summed E-state index contributed by atoms with van der Waals surface area (Å²) in [5, 5.41) is 0. The summed E-state index contributed by atoms with van der Waals surface area (Å²) in [6.45, 7) is 1.43. The van der Waals surface area contributed by atoms with E-state index in [0.717, 1.165) is 25.8 Å². The van der Waals surface area contributed by atoms with E-state index in [9.17, 15) is 4.21 Å². The maximum atomic E-state index is 10.6. The summed E-state index contributed by atoms with van der Waals surface area (Å²) in [6, 6.07) is 0. The molecule has 0 aromatic carbocycles. The maximum absolute atomic E-state index is 10.6. The van der Waals surface area contributed by atoms with Crippen molar-refractivity contribution in [2.24, 2.45) is 0 Å². The summed E-state index contributed by atoms with van der Waals surface area (Å²) >= 11 is 4.20. The van der Waals surface area contributed by atoms with E-state index in [4.69, 9.17) is 4.55 Å². The van der Waals surface area contributed by atoms with E-state index in [-0.39, 0.29) is 6.61 Å². The molecule has 1 N–H and O–H groups in total. The van der Waals surface area contributed by atoms with Crippen LogP contribution in [0.5, 0.6) is 0 Å². The Labute approximate surface area is 104 Å². The maximum Gasteiger partial charge on any atom is 0.266 e. The van der Waals surface area contributed by atoms with E-state index in [1.807, 2.05) is 0 Å². The molecule has 0 aliphatic rings. The molecule has 0 heterocycles. The van der Waals surface area contributed by atoms with E-state index < -0.39 is 9.05 Å². The summed E-state index contributed by atoms with van der Waals surface area (Å²) in [5.41, 5.74) is 0. The highest BCUT2D eigenvalue weighted by atomic mass is 32.9. The lowest BCUT2D eigenvalue weighted by molar-refractivity contribution is 0.294. The minimum atomic E-state index is -3.41. The van der Waals surface area contributed by atoms with Crippen LogP contribution in [0.2, 0.25) is 0 Å². The zero-order valence-corrected chi connectivity index (χ0v) is 11.8. The quantitative estimate of drug-likeness (QED) is 0.615. The third-order valence-corrected chi connectivity index (χ3v) is 2.99. The summed E-state index contributed by atoms with van der Waals surface area (Å²) in [5.74, 6) is 0.